The van der Waals surface area contributed by atoms with Crippen LogP contribution in [0.15, 0.2) is 30.5 Å². The molecule has 0 fully saturated rings. The Bertz CT molecular complexity index is 638. The lowest BCUT2D eigenvalue weighted by atomic mass is 10.2. The number of pyridine rings is 1. The van der Waals surface area contributed by atoms with Gasteiger partial charge >= 0.3 is 0 Å². The molecule has 2 rings (SSSR count). The summed E-state index contributed by atoms with van der Waals surface area (Å²) in [6, 6.07) is 6.88. The molecule has 0 aliphatic rings. The zero-order valence-electron chi connectivity index (χ0n) is 8.92. The van der Waals surface area contributed by atoms with E-state index in [2.05, 4.69) is 10.3 Å². The van der Waals surface area contributed by atoms with Crippen molar-refractivity contribution in [2.75, 3.05) is 5.32 Å². The number of hydrogen-bond acceptors (Lipinski definition) is 3. The minimum Gasteiger partial charge on any atom is -0.335 e. The van der Waals surface area contributed by atoms with Crippen molar-refractivity contribution in [2.45, 2.75) is 0 Å². The zero-order chi connectivity index (χ0) is 13.1. The number of rotatable bonds is 2. The molecule has 1 aromatic carbocycles. The molecule has 0 saturated heterocycles. The third-order valence-corrected chi connectivity index (χ3v) is 2.49. The molecule has 0 radical (unpaired) electrons. The molecule has 1 heterocycles. The van der Waals surface area contributed by atoms with Gasteiger partial charge in [0.05, 0.1) is 22.3 Å². The summed E-state index contributed by atoms with van der Waals surface area (Å²) in [4.78, 5) is 3.72. The highest BCUT2D eigenvalue weighted by molar-refractivity contribution is 6.30. The van der Waals surface area contributed by atoms with Crippen molar-refractivity contribution in [3.8, 4) is 6.07 Å². The molecule has 1 N–H and O–H groups in total. The minimum absolute atomic E-state index is 0.0164. The fourth-order valence-electron chi connectivity index (χ4n) is 1.32. The van der Waals surface area contributed by atoms with E-state index in [0.717, 1.165) is 6.07 Å². The molecular weight excluding hydrogens is 260 g/mol. The Morgan fingerprint density at radius 2 is 2.06 bits per heavy atom. The van der Waals surface area contributed by atoms with Gasteiger partial charge in [0.1, 0.15) is 5.82 Å². The van der Waals surface area contributed by atoms with Crippen LogP contribution >= 0.6 is 11.6 Å². The predicted molar refractivity (Wildman–Crippen MR) is 63.6 cm³/mol. The van der Waals surface area contributed by atoms with Gasteiger partial charge in [-0.05, 0) is 24.3 Å². The highest BCUT2D eigenvalue weighted by Crippen LogP contribution is 2.24. The summed E-state index contributed by atoms with van der Waals surface area (Å²) < 4.78 is 27.1. The number of anilines is 2. The standard InChI is InChI=1S/C12H6ClF2N3/c13-8-3-4-17-12(11(8)15)18-10-2-1-7(6-16)5-9(10)14/h1-5H,(H,17,18). The Balaban J connectivity index is 2.35. The van der Waals surface area contributed by atoms with Crippen LogP contribution in [0.2, 0.25) is 5.02 Å². The normalized spacial score (nSPS) is 9.89. The Morgan fingerprint density at radius 1 is 1.28 bits per heavy atom. The molecule has 90 valence electrons. The minimum atomic E-state index is -0.761. The van der Waals surface area contributed by atoms with E-state index in [1.165, 1.54) is 24.4 Å². The molecule has 0 spiro atoms. The van der Waals surface area contributed by atoms with E-state index in [1.807, 2.05) is 0 Å². The van der Waals surface area contributed by atoms with E-state index in [4.69, 9.17) is 16.9 Å². The van der Waals surface area contributed by atoms with Crippen LogP contribution in [-0.4, -0.2) is 4.98 Å². The van der Waals surface area contributed by atoms with Gasteiger partial charge in [0, 0.05) is 6.20 Å². The molecule has 0 atom stereocenters. The van der Waals surface area contributed by atoms with Gasteiger partial charge in [-0.1, -0.05) is 11.6 Å². The summed E-state index contributed by atoms with van der Waals surface area (Å²) in [5, 5.41) is 11.0. The van der Waals surface area contributed by atoms with E-state index in [0.29, 0.717) is 0 Å². The Morgan fingerprint density at radius 3 is 2.72 bits per heavy atom. The summed E-state index contributed by atoms with van der Waals surface area (Å²) in [7, 11) is 0. The molecular formula is C12H6ClF2N3. The fourth-order valence-corrected chi connectivity index (χ4v) is 1.47. The lowest BCUT2D eigenvalue weighted by molar-refractivity contribution is 0.621. The van der Waals surface area contributed by atoms with E-state index >= 15 is 0 Å². The van der Waals surface area contributed by atoms with Crippen molar-refractivity contribution in [1.29, 1.82) is 5.26 Å². The summed E-state index contributed by atoms with van der Waals surface area (Å²) in [5.74, 6) is -1.61. The maximum Gasteiger partial charge on any atom is 0.184 e. The number of nitrogens with one attached hydrogen (secondary N) is 1. The van der Waals surface area contributed by atoms with Crippen LogP contribution < -0.4 is 5.32 Å². The predicted octanol–water partition coefficient (Wildman–Crippen LogP) is 3.63. The first-order valence-electron chi connectivity index (χ1n) is 4.88. The lowest BCUT2D eigenvalue weighted by Crippen LogP contribution is -1.99. The average molecular weight is 266 g/mol. The van der Waals surface area contributed by atoms with Crippen molar-refractivity contribution in [2.24, 2.45) is 0 Å². The van der Waals surface area contributed by atoms with Gasteiger partial charge in [0.15, 0.2) is 11.6 Å². The molecule has 6 heteroatoms. The van der Waals surface area contributed by atoms with Crippen LogP contribution in [0.25, 0.3) is 0 Å². The summed E-state index contributed by atoms with van der Waals surface area (Å²) >= 11 is 5.58. The quantitative estimate of drug-likeness (QED) is 0.902. The van der Waals surface area contributed by atoms with Gasteiger partial charge in [-0.15, -0.1) is 0 Å². The average Bonchev–Trinajstić information content (AvgIpc) is 2.37. The summed E-state index contributed by atoms with van der Waals surface area (Å²) in [5.41, 5.74) is 0.195. The molecule has 0 aliphatic carbocycles. The third kappa shape index (κ3) is 2.39. The van der Waals surface area contributed by atoms with Crippen LogP contribution in [0.3, 0.4) is 0 Å². The molecule has 0 unspecified atom stereocenters. The van der Waals surface area contributed by atoms with E-state index in [-0.39, 0.29) is 22.1 Å². The molecule has 0 saturated carbocycles. The molecule has 0 aliphatic heterocycles. The molecule has 1 aromatic heterocycles. The first-order chi connectivity index (χ1) is 8.61. The largest absolute Gasteiger partial charge is 0.335 e. The van der Waals surface area contributed by atoms with Crippen LogP contribution in [-0.2, 0) is 0 Å². The van der Waals surface area contributed by atoms with Gasteiger partial charge < -0.3 is 5.32 Å². The van der Waals surface area contributed by atoms with Crippen molar-refractivity contribution < 1.29 is 8.78 Å². The van der Waals surface area contributed by atoms with Crippen LogP contribution in [0, 0.1) is 23.0 Å². The van der Waals surface area contributed by atoms with Crippen molar-refractivity contribution in [3.63, 3.8) is 0 Å². The van der Waals surface area contributed by atoms with Crippen molar-refractivity contribution in [3.05, 3.63) is 52.7 Å². The maximum atomic E-state index is 13.6. The van der Waals surface area contributed by atoms with Gasteiger partial charge in [-0.2, -0.15) is 5.26 Å². The smallest absolute Gasteiger partial charge is 0.184 e. The summed E-state index contributed by atoms with van der Waals surface area (Å²) in [6.45, 7) is 0. The number of aromatic nitrogens is 1. The number of hydrogen-bond donors (Lipinski definition) is 1. The highest BCUT2D eigenvalue weighted by atomic mass is 35.5. The third-order valence-electron chi connectivity index (χ3n) is 2.19. The fraction of sp³-hybridized carbons (Fsp3) is 0. The number of halogens is 3. The first kappa shape index (κ1) is 12.3. The van der Waals surface area contributed by atoms with Crippen LogP contribution in [0.4, 0.5) is 20.3 Å². The van der Waals surface area contributed by atoms with Gasteiger partial charge in [0.2, 0.25) is 0 Å². The van der Waals surface area contributed by atoms with E-state index in [9.17, 15) is 8.78 Å². The number of benzene rings is 1. The number of nitrogens with zero attached hydrogens (tertiary/aromatic N) is 2. The highest BCUT2D eigenvalue weighted by Gasteiger charge is 2.10. The van der Waals surface area contributed by atoms with Gasteiger partial charge in [0.25, 0.3) is 0 Å². The molecule has 18 heavy (non-hydrogen) atoms. The Kier molecular flexibility index (Phi) is 3.40. The second-order valence-electron chi connectivity index (χ2n) is 3.39. The number of nitriles is 1. The maximum absolute atomic E-state index is 13.6. The molecule has 0 amide bonds. The van der Waals surface area contributed by atoms with Crippen molar-refractivity contribution >= 4 is 23.1 Å². The second-order valence-corrected chi connectivity index (χ2v) is 3.79. The SMILES string of the molecule is N#Cc1ccc(Nc2nccc(Cl)c2F)c(F)c1. The topological polar surface area (TPSA) is 48.7 Å². The van der Waals surface area contributed by atoms with Crippen LogP contribution in [0.5, 0.6) is 0 Å². The molecule has 3 nitrogen and oxygen atoms in total. The van der Waals surface area contributed by atoms with Gasteiger partial charge in [-0.3, -0.25) is 0 Å². The van der Waals surface area contributed by atoms with E-state index in [1.54, 1.807) is 6.07 Å². The second kappa shape index (κ2) is 4.98. The van der Waals surface area contributed by atoms with Crippen LogP contribution in [0.1, 0.15) is 5.56 Å². The first-order valence-corrected chi connectivity index (χ1v) is 5.26. The lowest BCUT2D eigenvalue weighted by Gasteiger charge is -2.08. The van der Waals surface area contributed by atoms with E-state index < -0.39 is 11.6 Å². The molecule has 0 bridgehead atoms. The van der Waals surface area contributed by atoms with Gasteiger partial charge in [-0.25, -0.2) is 13.8 Å². The Labute approximate surface area is 107 Å². The zero-order valence-corrected chi connectivity index (χ0v) is 9.67. The van der Waals surface area contributed by atoms with Crippen molar-refractivity contribution in [1.82, 2.24) is 4.98 Å². The molecule has 2 aromatic rings. The monoisotopic (exact) mass is 265 g/mol. The summed E-state index contributed by atoms with van der Waals surface area (Å²) in [6.07, 6.45) is 1.30. The Hall–Kier alpha value is -2.19.